The molecule has 0 aliphatic heterocycles. The van der Waals surface area contributed by atoms with Crippen molar-refractivity contribution >= 4 is 0 Å². The molecule has 0 radical (unpaired) electrons. The van der Waals surface area contributed by atoms with E-state index in [1.54, 1.807) is 0 Å². The summed E-state index contributed by atoms with van der Waals surface area (Å²) in [4.78, 5) is 0. The van der Waals surface area contributed by atoms with Crippen molar-refractivity contribution < 1.29 is 0 Å². The molecule has 0 amide bonds. The van der Waals surface area contributed by atoms with Crippen molar-refractivity contribution in [2.75, 3.05) is 0 Å². The molecule has 0 aliphatic carbocycles. The van der Waals surface area contributed by atoms with E-state index < -0.39 is 0 Å². The molecule has 0 spiro atoms. The van der Waals surface area contributed by atoms with E-state index in [-0.39, 0.29) is 0 Å². The first-order valence-electron chi connectivity index (χ1n) is 8.37. The Morgan fingerprint density at radius 3 is 2.38 bits per heavy atom. The molecule has 0 bridgehead atoms. The minimum absolute atomic E-state index is 0.409. The van der Waals surface area contributed by atoms with Crippen LogP contribution in [0.4, 0.5) is 0 Å². The molecule has 0 nitrogen and oxygen atoms in total. The van der Waals surface area contributed by atoms with Crippen LogP contribution in [0, 0.1) is 24.2 Å². The van der Waals surface area contributed by atoms with Crippen LogP contribution in [0.1, 0.15) is 72.6 Å². The molecule has 0 saturated heterocycles. The average Bonchev–Trinajstić information content (AvgIpc) is 2.44. The molecule has 0 rings (SSSR count). The van der Waals surface area contributed by atoms with Gasteiger partial charge in [0.2, 0.25) is 0 Å². The van der Waals surface area contributed by atoms with E-state index in [1.165, 1.54) is 24.0 Å². The third kappa shape index (κ3) is 11.1. The minimum Gasteiger partial charge on any atom is -0.120 e. The summed E-state index contributed by atoms with van der Waals surface area (Å²) in [5.41, 5.74) is 2.88. The van der Waals surface area contributed by atoms with Crippen molar-refractivity contribution in [3.63, 3.8) is 0 Å². The Balaban J connectivity index is 4.10. The minimum atomic E-state index is 0.409. The molecule has 0 heterocycles. The van der Waals surface area contributed by atoms with Gasteiger partial charge in [-0.05, 0) is 71.6 Å². The highest BCUT2D eigenvalue weighted by Gasteiger charge is 2.14. The molecule has 2 atom stereocenters. The van der Waals surface area contributed by atoms with Crippen LogP contribution in [0.2, 0.25) is 0 Å². The largest absolute Gasteiger partial charge is 0.120 e. The monoisotopic (exact) mass is 286 g/mol. The summed E-state index contributed by atoms with van der Waals surface area (Å²) >= 11 is 0. The first-order chi connectivity index (χ1) is 10.0. The zero-order valence-electron chi connectivity index (χ0n) is 14.6. The van der Waals surface area contributed by atoms with E-state index in [0.29, 0.717) is 11.8 Å². The summed E-state index contributed by atoms with van der Waals surface area (Å²) in [5.74, 6) is 4.03. The molecule has 21 heavy (non-hydrogen) atoms. The number of rotatable bonds is 11. The van der Waals surface area contributed by atoms with Crippen molar-refractivity contribution in [1.82, 2.24) is 0 Å². The summed E-state index contributed by atoms with van der Waals surface area (Å²) in [5, 5.41) is 0. The van der Waals surface area contributed by atoms with Gasteiger partial charge in [-0.2, -0.15) is 0 Å². The van der Waals surface area contributed by atoms with E-state index in [1.807, 2.05) is 6.08 Å². The molecule has 0 aromatic carbocycles. The van der Waals surface area contributed by atoms with Crippen LogP contribution >= 0.6 is 0 Å². The maximum Gasteiger partial charge on any atom is 0.0229 e. The van der Waals surface area contributed by atoms with Crippen LogP contribution in [-0.2, 0) is 0 Å². The van der Waals surface area contributed by atoms with Crippen LogP contribution in [0.25, 0.3) is 0 Å². The van der Waals surface area contributed by atoms with Crippen LogP contribution in [-0.4, -0.2) is 0 Å². The zero-order chi connectivity index (χ0) is 16.1. The average molecular weight is 287 g/mol. The van der Waals surface area contributed by atoms with Gasteiger partial charge in [0.1, 0.15) is 0 Å². The molecule has 0 aliphatic rings. The summed E-state index contributed by atoms with van der Waals surface area (Å²) in [6.07, 6.45) is 20.5. The Morgan fingerprint density at radius 2 is 1.81 bits per heavy atom. The molecular formula is C21H34. The fourth-order valence-electron chi connectivity index (χ4n) is 2.46. The van der Waals surface area contributed by atoms with Gasteiger partial charge in [0.25, 0.3) is 0 Å². The maximum absolute atomic E-state index is 5.74. The number of allylic oxidation sites excluding steroid dienone is 5. The lowest BCUT2D eigenvalue weighted by molar-refractivity contribution is 0.394. The molecule has 0 aromatic rings. The van der Waals surface area contributed by atoms with Gasteiger partial charge in [0.15, 0.2) is 0 Å². The second-order valence-corrected chi connectivity index (χ2v) is 6.42. The number of hydrogen-bond acceptors (Lipinski definition) is 0. The smallest absolute Gasteiger partial charge is 0.0229 e. The van der Waals surface area contributed by atoms with Crippen molar-refractivity contribution in [3.05, 3.63) is 36.0 Å². The van der Waals surface area contributed by atoms with E-state index in [4.69, 9.17) is 6.42 Å². The highest BCUT2D eigenvalue weighted by molar-refractivity contribution is 5.03. The van der Waals surface area contributed by atoms with E-state index in [9.17, 15) is 0 Å². The van der Waals surface area contributed by atoms with Crippen LogP contribution in [0.5, 0.6) is 0 Å². The van der Waals surface area contributed by atoms with Gasteiger partial charge >= 0.3 is 0 Å². The number of unbranched alkanes of at least 4 members (excludes halogenated alkanes) is 2. The number of terminal acetylenes is 1. The molecule has 0 N–H and O–H groups in total. The van der Waals surface area contributed by atoms with Gasteiger partial charge in [-0.25, -0.2) is 0 Å². The Kier molecular flexibility index (Phi) is 11.8. The molecule has 0 aromatic heterocycles. The van der Waals surface area contributed by atoms with Crippen LogP contribution in [0.3, 0.4) is 0 Å². The van der Waals surface area contributed by atoms with Gasteiger partial charge in [0.05, 0.1) is 0 Å². The van der Waals surface area contributed by atoms with Gasteiger partial charge in [-0.3, -0.25) is 0 Å². The second-order valence-electron chi connectivity index (χ2n) is 6.42. The van der Waals surface area contributed by atoms with Crippen molar-refractivity contribution in [3.8, 4) is 12.3 Å². The predicted molar refractivity (Wildman–Crippen MR) is 97.2 cm³/mol. The van der Waals surface area contributed by atoms with Crippen LogP contribution in [0.15, 0.2) is 36.0 Å². The third-order valence-corrected chi connectivity index (χ3v) is 4.03. The molecule has 0 fully saturated rings. The highest BCUT2D eigenvalue weighted by Crippen LogP contribution is 2.24. The summed E-state index contributed by atoms with van der Waals surface area (Å²) in [7, 11) is 0. The standard InChI is InChI=1S/C21H34/c1-7-9-10-11-14-19(5)16-17-21(8-2)20(6)15-12-13-18(3)4/h2,7,13-14,20-21H,1,9-12,15-17H2,3-6H3/t20-,21-/m0/s1. The van der Waals surface area contributed by atoms with Gasteiger partial charge < -0.3 is 0 Å². The van der Waals surface area contributed by atoms with Gasteiger partial charge in [-0.1, -0.05) is 36.3 Å². The fraction of sp³-hybridized carbons (Fsp3) is 0.619. The maximum atomic E-state index is 5.74. The lowest BCUT2D eigenvalue weighted by Crippen LogP contribution is -2.09. The third-order valence-electron chi connectivity index (χ3n) is 4.03. The summed E-state index contributed by atoms with van der Waals surface area (Å²) in [6, 6.07) is 0. The molecule has 118 valence electrons. The first-order valence-corrected chi connectivity index (χ1v) is 8.37. The molecule has 0 heteroatoms. The van der Waals surface area contributed by atoms with Crippen molar-refractivity contribution in [1.29, 1.82) is 0 Å². The summed E-state index contributed by atoms with van der Waals surface area (Å²) in [6.45, 7) is 12.6. The Morgan fingerprint density at radius 1 is 1.10 bits per heavy atom. The zero-order valence-corrected chi connectivity index (χ0v) is 14.6. The topological polar surface area (TPSA) is 0 Å². The van der Waals surface area contributed by atoms with Gasteiger partial charge in [-0.15, -0.1) is 18.9 Å². The lowest BCUT2D eigenvalue weighted by atomic mass is 9.86. The van der Waals surface area contributed by atoms with E-state index in [0.717, 1.165) is 32.1 Å². The van der Waals surface area contributed by atoms with E-state index in [2.05, 4.69) is 52.3 Å². The normalized spacial score (nSPS) is 14.1. The molecular weight excluding hydrogens is 252 g/mol. The second kappa shape index (κ2) is 12.5. The summed E-state index contributed by atoms with van der Waals surface area (Å²) < 4.78 is 0. The predicted octanol–water partition coefficient (Wildman–Crippen LogP) is 6.70. The fourth-order valence-corrected chi connectivity index (χ4v) is 2.46. The Bertz CT molecular complexity index is 371. The van der Waals surface area contributed by atoms with Crippen molar-refractivity contribution in [2.45, 2.75) is 72.6 Å². The van der Waals surface area contributed by atoms with Crippen molar-refractivity contribution in [2.24, 2.45) is 11.8 Å². The Labute approximate surface area is 133 Å². The molecule has 0 unspecified atom stereocenters. The Hall–Kier alpha value is -1.22. The highest BCUT2D eigenvalue weighted by atomic mass is 14.2. The SMILES string of the molecule is C#C[C@@H](CCC(C)=CCCCC=C)[C@@H](C)CCC=C(C)C. The van der Waals surface area contributed by atoms with Gasteiger partial charge in [0, 0.05) is 5.92 Å². The van der Waals surface area contributed by atoms with Crippen LogP contribution < -0.4 is 0 Å². The van der Waals surface area contributed by atoms with E-state index >= 15 is 0 Å². The lowest BCUT2D eigenvalue weighted by Gasteiger charge is -2.18. The number of hydrogen-bond donors (Lipinski definition) is 0. The molecule has 0 saturated carbocycles. The quantitative estimate of drug-likeness (QED) is 0.225. The first kappa shape index (κ1) is 19.8.